The summed E-state index contributed by atoms with van der Waals surface area (Å²) in [7, 11) is 0. The number of benzene rings is 2. The van der Waals surface area contributed by atoms with Crippen molar-refractivity contribution in [3.05, 3.63) is 78.2 Å². The molecule has 2 N–H and O–H groups in total. The Labute approximate surface area is 118 Å². The average molecular weight is 261 g/mol. The fraction of sp³-hybridized carbons (Fsp3) is 0.0588. The summed E-state index contributed by atoms with van der Waals surface area (Å²) in [5, 5.41) is 0. The normalized spacial score (nSPS) is 10.4. The van der Waals surface area contributed by atoms with Crippen molar-refractivity contribution in [2.45, 2.75) is 6.42 Å². The Morgan fingerprint density at radius 2 is 1.75 bits per heavy atom. The fourth-order valence-corrected chi connectivity index (χ4v) is 2.24. The Bertz CT molecular complexity index is 694. The molecule has 0 aliphatic rings. The maximum Gasteiger partial charge on any atom is 0.0905 e. The van der Waals surface area contributed by atoms with Crippen LogP contribution < -0.4 is 5.73 Å². The molecule has 20 heavy (non-hydrogen) atoms. The van der Waals surface area contributed by atoms with E-state index in [0.717, 1.165) is 28.9 Å². The Morgan fingerprint density at radius 1 is 0.900 bits per heavy atom. The first-order valence-corrected chi connectivity index (χ1v) is 6.52. The number of aromatic nitrogens is 2. The molecule has 3 heteroatoms. The van der Waals surface area contributed by atoms with Gasteiger partial charge < -0.3 is 5.73 Å². The first kappa shape index (κ1) is 12.4. The monoisotopic (exact) mass is 261 g/mol. The van der Waals surface area contributed by atoms with E-state index in [1.807, 2.05) is 30.3 Å². The predicted molar refractivity (Wildman–Crippen MR) is 81.1 cm³/mol. The average Bonchev–Trinajstić information content (AvgIpc) is 2.51. The molecule has 1 heterocycles. The van der Waals surface area contributed by atoms with Crippen LogP contribution in [0.4, 0.5) is 5.69 Å². The molecular weight excluding hydrogens is 246 g/mol. The molecule has 0 atom stereocenters. The van der Waals surface area contributed by atoms with E-state index in [-0.39, 0.29) is 0 Å². The van der Waals surface area contributed by atoms with E-state index in [4.69, 9.17) is 5.73 Å². The Morgan fingerprint density at radius 3 is 2.50 bits per heavy atom. The molecule has 0 amide bonds. The summed E-state index contributed by atoms with van der Waals surface area (Å²) in [5.41, 5.74) is 11.2. The van der Waals surface area contributed by atoms with Gasteiger partial charge >= 0.3 is 0 Å². The Hall–Kier alpha value is -2.68. The minimum Gasteiger partial charge on any atom is -0.398 e. The highest BCUT2D eigenvalue weighted by atomic mass is 14.8. The number of nitrogen functional groups attached to an aromatic ring is 1. The van der Waals surface area contributed by atoms with Crippen LogP contribution in [0.3, 0.4) is 0 Å². The predicted octanol–water partition coefficient (Wildman–Crippen LogP) is 3.32. The van der Waals surface area contributed by atoms with E-state index in [2.05, 4.69) is 28.2 Å². The lowest BCUT2D eigenvalue weighted by atomic mass is 9.99. The smallest absolute Gasteiger partial charge is 0.0905 e. The molecule has 2 aromatic carbocycles. The standard InChI is InChI=1S/C17H15N3/c18-17-14(11-13-5-2-1-3-6-13)7-4-8-15(17)16-12-19-9-10-20-16/h1-10,12H,11,18H2. The molecule has 98 valence electrons. The highest BCUT2D eigenvalue weighted by Crippen LogP contribution is 2.28. The maximum atomic E-state index is 6.30. The molecule has 0 saturated heterocycles. The van der Waals surface area contributed by atoms with Gasteiger partial charge in [0, 0.05) is 23.6 Å². The number of anilines is 1. The van der Waals surface area contributed by atoms with Crippen LogP contribution in [-0.2, 0) is 6.42 Å². The summed E-state index contributed by atoms with van der Waals surface area (Å²) in [6, 6.07) is 16.4. The minimum atomic E-state index is 0.775. The van der Waals surface area contributed by atoms with E-state index in [9.17, 15) is 0 Å². The van der Waals surface area contributed by atoms with Gasteiger partial charge in [0.05, 0.1) is 11.9 Å². The van der Waals surface area contributed by atoms with Crippen molar-refractivity contribution in [3.63, 3.8) is 0 Å². The third-order valence-electron chi connectivity index (χ3n) is 3.27. The van der Waals surface area contributed by atoms with Crippen molar-refractivity contribution < 1.29 is 0 Å². The lowest BCUT2D eigenvalue weighted by Crippen LogP contribution is -1.99. The van der Waals surface area contributed by atoms with Gasteiger partial charge in [-0.15, -0.1) is 0 Å². The summed E-state index contributed by atoms with van der Waals surface area (Å²) in [6.07, 6.45) is 5.89. The van der Waals surface area contributed by atoms with Crippen LogP contribution in [0, 0.1) is 0 Å². The zero-order chi connectivity index (χ0) is 13.8. The molecule has 3 nitrogen and oxygen atoms in total. The Balaban J connectivity index is 1.98. The molecule has 3 rings (SSSR count). The SMILES string of the molecule is Nc1c(Cc2ccccc2)cccc1-c1cnccn1. The molecule has 0 unspecified atom stereocenters. The Kier molecular flexibility index (Phi) is 3.42. The van der Waals surface area contributed by atoms with E-state index < -0.39 is 0 Å². The molecule has 0 aliphatic carbocycles. The van der Waals surface area contributed by atoms with E-state index >= 15 is 0 Å². The molecule has 1 aromatic heterocycles. The lowest BCUT2D eigenvalue weighted by Gasteiger charge is -2.10. The van der Waals surface area contributed by atoms with E-state index in [1.54, 1.807) is 18.6 Å². The quantitative estimate of drug-likeness (QED) is 0.736. The first-order chi connectivity index (χ1) is 9.84. The van der Waals surface area contributed by atoms with Crippen LogP contribution in [0.1, 0.15) is 11.1 Å². The molecule has 0 fully saturated rings. The number of nitrogens with two attached hydrogens (primary N) is 1. The van der Waals surface area contributed by atoms with Crippen LogP contribution in [-0.4, -0.2) is 9.97 Å². The third kappa shape index (κ3) is 2.52. The molecular formula is C17H15N3. The molecule has 0 aliphatic heterocycles. The zero-order valence-corrected chi connectivity index (χ0v) is 11.0. The second-order valence-electron chi connectivity index (χ2n) is 4.63. The summed E-state index contributed by atoms with van der Waals surface area (Å²) < 4.78 is 0. The van der Waals surface area contributed by atoms with E-state index in [1.165, 1.54) is 5.56 Å². The highest BCUT2D eigenvalue weighted by molar-refractivity contribution is 5.76. The zero-order valence-electron chi connectivity index (χ0n) is 11.0. The molecule has 0 saturated carbocycles. The van der Waals surface area contributed by atoms with Gasteiger partial charge in [0.2, 0.25) is 0 Å². The largest absolute Gasteiger partial charge is 0.398 e. The topological polar surface area (TPSA) is 51.8 Å². The second-order valence-corrected chi connectivity index (χ2v) is 4.63. The van der Waals surface area contributed by atoms with Gasteiger partial charge in [-0.2, -0.15) is 0 Å². The van der Waals surface area contributed by atoms with Crippen LogP contribution in [0.25, 0.3) is 11.3 Å². The van der Waals surface area contributed by atoms with Crippen molar-refractivity contribution in [2.24, 2.45) is 0 Å². The minimum absolute atomic E-state index is 0.775. The van der Waals surface area contributed by atoms with Gasteiger partial charge in [0.1, 0.15) is 0 Å². The maximum absolute atomic E-state index is 6.30. The highest BCUT2D eigenvalue weighted by Gasteiger charge is 2.08. The van der Waals surface area contributed by atoms with Crippen molar-refractivity contribution in [1.82, 2.24) is 9.97 Å². The number of nitrogens with zero attached hydrogens (tertiary/aromatic N) is 2. The summed E-state index contributed by atoms with van der Waals surface area (Å²) in [4.78, 5) is 8.41. The van der Waals surface area contributed by atoms with Crippen LogP contribution >= 0.6 is 0 Å². The van der Waals surface area contributed by atoms with Crippen molar-refractivity contribution in [3.8, 4) is 11.3 Å². The molecule has 3 aromatic rings. The van der Waals surface area contributed by atoms with Crippen LogP contribution in [0.15, 0.2) is 67.1 Å². The van der Waals surface area contributed by atoms with Crippen LogP contribution in [0.2, 0.25) is 0 Å². The lowest BCUT2D eigenvalue weighted by molar-refractivity contribution is 1.18. The molecule has 0 spiro atoms. The van der Waals surface area contributed by atoms with Gasteiger partial charge in [-0.1, -0.05) is 48.5 Å². The van der Waals surface area contributed by atoms with Gasteiger partial charge in [-0.3, -0.25) is 9.97 Å². The number of hydrogen-bond donors (Lipinski definition) is 1. The van der Waals surface area contributed by atoms with Crippen molar-refractivity contribution in [2.75, 3.05) is 5.73 Å². The van der Waals surface area contributed by atoms with Crippen molar-refractivity contribution >= 4 is 5.69 Å². The second kappa shape index (κ2) is 5.53. The summed E-state index contributed by atoms with van der Waals surface area (Å²) >= 11 is 0. The number of rotatable bonds is 3. The van der Waals surface area contributed by atoms with Crippen LogP contribution in [0.5, 0.6) is 0 Å². The number of hydrogen-bond acceptors (Lipinski definition) is 3. The summed E-state index contributed by atoms with van der Waals surface area (Å²) in [6.45, 7) is 0. The van der Waals surface area contributed by atoms with Crippen molar-refractivity contribution in [1.29, 1.82) is 0 Å². The number of para-hydroxylation sites is 1. The molecule has 0 bridgehead atoms. The van der Waals surface area contributed by atoms with Gasteiger partial charge in [-0.05, 0) is 17.5 Å². The molecule has 0 radical (unpaired) electrons. The van der Waals surface area contributed by atoms with Gasteiger partial charge in [0.25, 0.3) is 0 Å². The van der Waals surface area contributed by atoms with Gasteiger partial charge in [-0.25, -0.2) is 0 Å². The first-order valence-electron chi connectivity index (χ1n) is 6.52. The van der Waals surface area contributed by atoms with E-state index in [0.29, 0.717) is 0 Å². The fourth-order valence-electron chi connectivity index (χ4n) is 2.24. The van der Waals surface area contributed by atoms with Gasteiger partial charge in [0.15, 0.2) is 0 Å². The summed E-state index contributed by atoms with van der Waals surface area (Å²) in [5.74, 6) is 0. The third-order valence-corrected chi connectivity index (χ3v) is 3.27.